The van der Waals surface area contributed by atoms with Crippen molar-refractivity contribution in [2.24, 2.45) is 0 Å². The van der Waals surface area contributed by atoms with E-state index in [0.717, 1.165) is 11.4 Å². The van der Waals surface area contributed by atoms with E-state index in [1.54, 1.807) is 0 Å². The van der Waals surface area contributed by atoms with Crippen LogP contribution in [-0.2, 0) is 6.42 Å². The quantitative estimate of drug-likeness (QED) is 0.598. The van der Waals surface area contributed by atoms with E-state index in [2.05, 4.69) is 19.1 Å². The average molecular weight is 215 g/mol. The van der Waals surface area contributed by atoms with Crippen molar-refractivity contribution in [3.8, 4) is 0 Å². The van der Waals surface area contributed by atoms with Gasteiger partial charge >= 0.3 is 0 Å². The minimum absolute atomic E-state index is 0.891. The number of aryl methyl sites for hydroxylation is 2. The van der Waals surface area contributed by atoms with Gasteiger partial charge in [-0.1, -0.05) is 58.4 Å². The van der Waals surface area contributed by atoms with E-state index >= 15 is 0 Å². The summed E-state index contributed by atoms with van der Waals surface area (Å²) < 4.78 is 0. The van der Waals surface area contributed by atoms with Crippen LogP contribution in [0.25, 0.3) is 0 Å². The first kappa shape index (κ1) is 16.0. The topological polar surface area (TPSA) is 0 Å². The Morgan fingerprint density at radius 1 is 1.07 bits per heavy atom. The highest BCUT2D eigenvalue weighted by Crippen LogP contribution is 2.17. The largest absolute Gasteiger partial charge is 0.0840 e. The summed E-state index contributed by atoms with van der Waals surface area (Å²) >= 11 is 5.93. The molecule has 14 heavy (non-hydrogen) atoms. The Morgan fingerprint density at radius 3 is 1.93 bits per heavy atom. The van der Waals surface area contributed by atoms with Crippen molar-refractivity contribution < 1.29 is 0 Å². The maximum Gasteiger partial charge on any atom is 0.0440 e. The molecule has 0 bridgehead atoms. The third kappa shape index (κ3) is 6.04. The summed E-state index contributed by atoms with van der Waals surface area (Å²) in [5.74, 6) is 0. The Balaban J connectivity index is 0. The second-order valence-corrected chi connectivity index (χ2v) is 2.86. The van der Waals surface area contributed by atoms with Crippen molar-refractivity contribution in [3.63, 3.8) is 0 Å². The smallest absolute Gasteiger partial charge is 0.0440 e. The number of rotatable bonds is 1. The molecule has 1 aromatic rings. The van der Waals surface area contributed by atoms with E-state index in [9.17, 15) is 0 Å². The van der Waals surface area contributed by atoms with E-state index < -0.39 is 0 Å². The summed E-state index contributed by atoms with van der Waals surface area (Å²) in [6.07, 6.45) is 1.01. The molecule has 0 aromatic heterocycles. The second kappa shape index (κ2) is 10.6. The van der Waals surface area contributed by atoms with Gasteiger partial charge in [-0.15, -0.1) is 0 Å². The molecule has 0 saturated carbocycles. The molecule has 1 aromatic carbocycles. The minimum atomic E-state index is 0.891. The molecule has 0 atom stereocenters. The van der Waals surface area contributed by atoms with Crippen molar-refractivity contribution in [1.82, 2.24) is 0 Å². The Kier molecular flexibility index (Phi) is 12.1. The van der Waals surface area contributed by atoms with Gasteiger partial charge in [0.15, 0.2) is 0 Å². The molecular weight excluding hydrogens is 192 g/mol. The number of halogens is 1. The molecule has 0 unspecified atom stereocenters. The number of benzene rings is 1. The van der Waals surface area contributed by atoms with Gasteiger partial charge in [0.25, 0.3) is 0 Å². The van der Waals surface area contributed by atoms with Gasteiger partial charge in [-0.25, -0.2) is 0 Å². The Hall–Kier alpha value is -0.490. The SMILES string of the molecule is CC.CC.CCc1ccc(C)cc1Cl. The van der Waals surface area contributed by atoms with Crippen molar-refractivity contribution in [2.75, 3.05) is 0 Å². The first-order valence-corrected chi connectivity index (χ1v) is 5.87. The minimum Gasteiger partial charge on any atom is -0.0840 e. The van der Waals surface area contributed by atoms with Gasteiger partial charge < -0.3 is 0 Å². The third-order valence-electron chi connectivity index (χ3n) is 1.59. The molecule has 0 amide bonds. The molecular formula is C13H23Cl. The van der Waals surface area contributed by atoms with E-state index in [-0.39, 0.29) is 0 Å². The Labute approximate surface area is 94.3 Å². The van der Waals surface area contributed by atoms with Crippen molar-refractivity contribution in [3.05, 3.63) is 34.3 Å². The summed E-state index contributed by atoms with van der Waals surface area (Å²) in [5, 5.41) is 0.891. The van der Waals surface area contributed by atoms with Crippen molar-refractivity contribution >= 4 is 11.6 Å². The highest BCUT2D eigenvalue weighted by Gasteiger charge is 1.95. The van der Waals surface area contributed by atoms with Gasteiger partial charge in [-0.05, 0) is 30.5 Å². The lowest BCUT2D eigenvalue weighted by Crippen LogP contribution is -1.81. The van der Waals surface area contributed by atoms with Crippen LogP contribution >= 0.6 is 11.6 Å². The number of hydrogen-bond acceptors (Lipinski definition) is 0. The Bertz CT molecular complexity index is 229. The number of hydrogen-bond donors (Lipinski definition) is 0. The normalized spacial score (nSPS) is 7.93. The van der Waals surface area contributed by atoms with Crippen LogP contribution in [0.3, 0.4) is 0 Å². The van der Waals surface area contributed by atoms with Crippen molar-refractivity contribution in [2.45, 2.75) is 48.0 Å². The van der Waals surface area contributed by atoms with Crippen LogP contribution in [0, 0.1) is 6.92 Å². The molecule has 0 saturated heterocycles. The van der Waals surface area contributed by atoms with Gasteiger partial charge in [-0.3, -0.25) is 0 Å². The molecule has 0 aliphatic rings. The predicted octanol–water partition coefficient (Wildman–Crippen LogP) is 5.26. The molecule has 0 spiro atoms. The van der Waals surface area contributed by atoms with Gasteiger partial charge in [-0.2, -0.15) is 0 Å². The zero-order chi connectivity index (χ0) is 11.6. The zero-order valence-electron chi connectivity index (χ0n) is 10.3. The average Bonchev–Trinajstić information content (AvgIpc) is 2.24. The lowest BCUT2D eigenvalue weighted by Gasteiger charge is -2.00. The molecule has 82 valence electrons. The summed E-state index contributed by atoms with van der Waals surface area (Å²) in [7, 11) is 0. The van der Waals surface area contributed by atoms with E-state index in [0.29, 0.717) is 0 Å². The fourth-order valence-electron chi connectivity index (χ4n) is 0.939. The molecule has 1 heteroatoms. The van der Waals surface area contributed by atoms with Gasteiger partial charge in [0.2, 0.25) is 0 Å². The monoisotopic (exact) mass is 214 g/mol. The zero-order valence-corrected chi connectivity index (χ0v) is 11.1. The molecule has 0 nitrogen and oxygen atoms in total. The second-order valence-electron chi connectivity index (χ2n) is 2.45. The first-order chi connectivity index (χ1) is 6.74. The Morgan fingerprint density at radius 2 is 1.57 bits per heavy atom. The fourth-order valence-corrected chi connectivity index (χ4v) is 1.31. The highest BCUT2D eigenvalue weighted by atomic mass is 35.5. The summed E-state index contributed by atoms with van der Waals surface area (Å²) in [6.45, 7) is 12.2. The highest BCUT2D eigenvalue weighted by molar-refractivity contribution is 6.31. The molecule has 0 N–H and O–H groups in total. The van der Waals surface area contributed by atoms with Crippen LogP contribution in [0.5, 0.6) is 0 Å². The molecule has 0 aliphatic carbocycles. The maximum atomic E-state index is 5.93. The lowest BCUT2D eigenvalue weighted by atomic mass is 10.1. The van der Waals surface area contributed by atoms with Crippen LogP contribution in [0.1, 0.15) is 45.7 Å². The molecule has 1 rings (SSSR count). The van der Waals surface area contributed by atoms with E-state index in [1.807, 2.05) is 40.7 Å². The summed E-state index contributed by atoms with van der Waals surface area (Å²) in [6, 6.07) is 6.17. The van der Waals surface area contributed by atoms with Crippen LogP contribution in [0.2, 0.25) is 5.02 Å². The third-order valence-corrected chi connectivity index (χ3v) is 1.94. The lowest BCUT2D eigenvalue weighted by molar-refractivity contribution is 1.14. The van der Waals surface area contributed by atoms with Gasteiger partial charge in [0.05, 0.1) is 0 Å². The van der Waals surface area contributed by atoms with Crippen LogP contribution < -0.4 is 0 Å². The molecule has 0 aliphatic heterocycles. The van der Waals surface area contributed by atoms with Crippen LogP contribution in [-0.4, -0.2) is 0 Å². The van der Waals surface area contributed by atoms with E-state index in [4.69, 9.17) is 11.6 Å². The molecule has 0 heterocycles. The molecule has 0 fully saturated rings. The van der Waals surface area contributed by atoms with Crippen LogP contribution in [0.4, 0.5) is 0 Å². The first-order valence-electron chi connectivity index (χ1n) is 5.49. The fraction of sp³-hybridized carbons (Fsp3) is 0.538. The van der Waals surface area contributed by atoms with Gasteiger partial charge in [0, 0.05) is 5.02 Å². The molecule has 0 radical (unpaired) electrons. The van der Waals surface area contributed by atoms with E-state index in [1.165, 1.54) is 11.1 Å². The predicted molar refractivity (Wildman–Crippen MR) is 68.3 cm³/mol. The summed E-state index contributed by atoms with van der Waals surface area (Å²) in [4.78, 5) is 0. The standard InChI is InChI=1S/C9H11Cl.2C2H6/c1-3-8-5-4-7(2)6-9(8)10;2*1-2/h4-6H,3H2,1-2H3;2*1-2H3. The van der Waals surface area contributed by atoms with Crippen molar-refractivity contribution in [1.29, 1.82) is 0 Å². The summed E-state index contributed by atoms with van der Waals surface area (Å²) in [5.41, 5.74) is 2.45. The maximum absolute atomic E-state index is 5.93. The van der Waals surface area contributed by atoms with Crippen LogP contribution in [0.15, 0.2) is 18.2 Å². The van der Waals surface area contributed by atoms with Gasteiger partial charge in [0.1, 0.15) is 0 Å².